The number of halogens is 1. The van der Waals surface area contributed by atoms with Crippen LogP contribution >= 0.6 is 0 Å². The van der Waals surface area contributed by atoms with E-state index in [2.05, 4.69) is 5.32 Å². The van der Waals surface area contributed by atoms with Crippen LogP contribution in [0.1, 0.15) is 24.5 Å². The largest absolute Gasteiger partial charge is 0.324 e. The third kappa shape index (κ3) is 4.60. The summed E-state index contributed by atoms with van der Waals surface area (Å²) < 4.78 is 39.7. The van der Waals surface area contributed by atoms with E-state index in [1.54, 1.807) is 19.1 Å². The third-order valence-electron chi connectivity index (χ3n) is 3.91. The van der Waals surface area contributed by atoms with Crippen LogP contribution in [0.3, 0.4) is 0 Å². The summed E-state index contributed by atoms with van der Waals surface area (Å²) >= 11 is 0. The first-order valence-corrected chi connectivity index (χ1v) is 10.1. The van der Waals surface area contributed by atoms with E-state index >= 15 is 0 Å². The zero-order chi connectivity index (χ0) is 19.5. The van der Waals surface area contributed by atoms with Crippen LogP contribution < -0.4 is 9.62 Å². The fourth-order valence-corrected chi connectivity index (χ4v) is 4.15. The number of benzene rings is 2. The fraction of sp³-hybridized carbons (Fsp3) is 0.316. The summed E-state index contributed by atoms with van der Waals surface area (Å²) in [6, 6.07) is 10.0. The van der Waals surface area contributed by atoms with Crippen LogP contribution in [-0.4, -0.2) is 26.6 Å². The first-order valence-electron chi connectivity index (χ1n) is 8.26. The molecule has 2 aromatic rings. The van der Waals surface area contributed by atoms with Crippen molar-refractivity contribution in [2.24, 2.45) is 0 Å². The van der Waals surface area contributed by atoms with Gasteiger partial charge in [0.15, 0.2) is 0 Å². The van der Waals surface area contributed by atoms with Gasteiger partial charge in [-0.05, 0) is 55.7 Å². The summed E-state index contributed by atoms with van der Waals surface area (Å²) in [6.45, 7) is 5.50. The van der Waals surface area contributed by atoms with Crippen LogP contribution in [0.2, 0.25) is 0 Å². The molecule has 0 spiro atoms. The fourth-order valence-electron chi connectivity index (χ4n) is 2.94. The molecule has 2 rings (SSSR count). The number of rotatable bonds is 6. The van der Waals surface area contributed by atoms with E-state index in [-0.39, 0.29) is 12.1 Å². The molecular formula is C19H23FN2O3S. The standard InChI is InChI=1S/C19H23FN2O3S/c1-5-17(19(23)21-15-11-13(2)10-14(3)12-15)22(26(4,24)25)18-9-7-6-8-16(18)20/h6-12,17H,5H2,1-4H3,(H,21,23)/t17-/m1/s1. The predicted octanol–water partition coefficient (Wildman–Crippen LogP) is 3.63. The zero-order valence-electron chi connectivity index (χ0n) is 15.3. The molecule has 0 bridgehead atoms. The number of anilines is 2. The van der Waals surface area contributed by atoms with Gasteiger partial charge in [0, 0.05) is 5.69 Å². The Morgan fingerprint density at radius 1 is 1.15 bits per heavy atom. The highest BCUT2D eigenvalue weighted by molar-refractivity contribution is 7.92. The second kappa shape index (κ2) is 7.86. The Balaban J connectivity index is 2.42. The minimum Gasteiger partial charge on any atom is -0.324 e. The van der Waals surface area contributed by atoms with Gasteiger partial charge in [0.2, 0.25) is 15.9 Å². The molecular weight excluding hydrogens is 355 g/mol. The lowest BCUT2D eigenvalue weighted by molar-refractivity contribution is -0.117. The van der Waals surface area contributed by atoms with Crippen molar-refractivity contribution in [2.75, 3.05) is 15.9 Å². The highest BCUT2D eigenvalue weighted by Crippen LogP contribution is 2.26. The molecule has 1 atom stereocenters. The van der Waals surface area contributed by atoms with Crippen molar-refractivity contribution in [3.8, 4) is 0 Å². The van der Waals surface area contributed by atoms with Gasteiger partial charge in [-0.25, -0.2) is 12.8 Å². The first kappa shape index (κ1) is 19.9. The second-order valence-corrected chi connectivity index (χ2v) is 8.16. The van der Waals surface area contributed by atoms with Crippen molar-refractivity contribution in [2.45, 2.75) is 33.2 Å². The van der Waals surface area contributed by atoms with Gasteiger partial charge >= 0.3 is 0 Å². The maximum absolute atomic E-state index is 14.2. The van der Waals surface area contributed by atoms with Crippen LogP contribution in [0.15, 0.2) is 42.5 Å². The monoisotopic (exact) mass is 378 g/mol. The lowest BCUT2D eigenvalue weighted by Gasteiger charge is -2.30. The van der Waals surface area contributed by atoms with Gasteiger partial charge in [-0.3, -0.25) is 9.10 Å². The van der Waals surface area contributed by atoms with Gasteiger partial charge in [0.05, 0.1) is 11.9 Å². The van der Waals surface area contributed by atoms with Gasteiger partial charge < -0.3 is 5.32 Å². The van der Waals surface area contributed by atoms with Crippen LogP contribution in [0, 0.1) is 19.7 Å². The summed E-state index contributed by atoms with van der Waals surface area (Å²) in [5, 5.41) is 2.75. The second-order valence-electron chi connectivity index (χ2n) is 6.30. The van der Waals surface area contributed by atoms with Crippen molar-refractivity contribution in [3.05, 3.63) is 59.4 Å². The number of aryl methyl sites for hydroxylation is 2. The molecule has 0 radical (unpaired) electrons. The number of hydrogen-bond donors (Lipinski definition) is 1. The van der Waals surface area contributed by atoms with E-state index in [1.165, 1.54) is 24.3 Å². The van der Waals surface area contributed by atoms with E-state index in [0.717, 1.165) is 21.7 Å². The van der Waals surface area contributed by atoms with Gasteiger partial charge in [0.1, 0.15) is 11.9 Å². The molecule has 0 aliphatic rings. The van der Waals surface area contributed by atoms with Crippen LogP contribution in [0.25, 0.3) is 0 Å². The minimum absolute atomic E-state index is 0.141. The number of amides is 1. The normalized spacial score (nSPS) is 12.5. The van der Waals surface area contributed by atoms with Gasteiger partial charge in [-0.15, -0.1) is 0 Å². The van der Waals surface area contributed by atoms with Crippen molar-refractivity contribution in [3.63, 3.8) is 0 Å². The van der Waals surface area contributed by atoms with Crippen LogP contribution in [0.4, 0.5) is 15.8 Å². The third-order valence-corrected chi connectivity index (χ3v) is 5.07. The molecule has 26 heavy (non-hydrogen) atoms. The lowest BCUT2D eigenvalue weighted by Crippen LogP contribution is -2.47. The molecule has 0 saturated heterocycles. The van der Waals surface area contributed by atoms with Gasteiger partial charge in [-0.2, -0.15) is 0 Å². The molecule has 140 valence electrons. The number of carbonyl (C=O) groups excluding carboxylic acids is 1. The Morgan fingerprint density at radius 2 is 1.73 bits per heavy atom. The SMILES string of the molecule is CC[C@H](C(=O)Nc1cc(C)cc(C)c1)N(c1ccccc1F)S(C)(=O)=O. The molecule has 1 N–H and O–H groups in total. The molecule has 0 aromatic heterocycles. The van der Waals surface area contributed by atoms with E-state index < -0.39 is 27.8 Å². The highest BCUT2D eigenvalue weighted by atomic mass is 32.2. The predicted molar refractivity (Wildman–Crippen MR) is 102 cm³/mol. The highest BCUT2D eigenvalue weighted by Gasteiger charge is 2.33. The Kier molecular flexibility index (Phi) is 6.02. The quantitative estimate of drug-likeness (QED) is 0.835. The number of para-hydroxylation sites is 1. The number of sulfonamides is 1. The first-order chi connectivity index (χ1) is 12.1. The average Bonchev–Trinajstić information content (AvgIpc) is 2.51. The molecule has 0 fully saturated rings. The Hall–Kier alpha value is -2.41. The molecule has 1 amide bonds. The summed E-state index contributed by atoms with van der Waals surface area (Å²) in [5.41, 5.74) is 2.38. The molecule has 0 heterocycles. The van der Waals surface area contributed by atoms with E-state index in [9.17, 15) is 17.6 Å². The van der Waals surface area contributed by atoms with Crippen molar-refractivity contribution in [1.82, 2.24) is 0 Å². The lowest BCUT2D eigenvalue weighted by atomic mass is 10.1. The molecule has 0 unspecified atom stereocenters. The molecule has 0 aliphatic heterocycles. The summed E-state index contributed by atoms with van der Waals surface area (Å²) in [4.78, 5) is 12.8. The molecule has 7 heteroatoms. The van der Waals surface area contributed by atoms with Crippen molar-refractivity contribution in [1.29, 1.82) is 0 Å². The summed E-state index contributed by atoms with van der Waals surface area (Å²) in [6.07, 6.45) is 1.16. The molecule has 2 aromatic carbocycles. The van der Waals surface area contributed by atoms with Gasteiger partial charge in [0.25, 0.3) is 0 Å². The van der Waals surface area contributed by atoms with Crippen molar-refractivity contribution >= 4 is 27.3 Å². The van der Waals surface area contributed by atoms with E-state index in [4.69, 9.17) is 0 Å². The maximum atomic E-state index is 14.2. The Bertz CT molecular complexity index is 893. The Morgan fingerprint density at radius 3 is 2.23 bits per heavy atom. The number of hydrogen-bond acceptors (Lipinski definition) is 3. The number of nitrogens with one attached hydrogen (secondary N) is 1. The topological polar surface area (TPSA) is 66.5 Å². The average molecular weight is 378 g/mol. The van der Waals surface area contributed by atoms with Crippen molar-refractivity contribution < 1.29 is 17.6 Å². The number of carbonyl (C=O) groups is 1. The summed E-state index contributed by atoms with van der Waals surface area (Å²) in [7, 11) is -3.87. The molecule has 0 saturated carbocycles. The maximum Gasteiger partial charge on any atom is 0.248 e. The van der Waals surface area contributed by atoms with Gasteiger partial charge in [-0.1, -0.05) is 25.1 Å². The molecule has 5 nitrogen and oxygen atoms in total. The number of nitrogens with zero attached hydrogens (tertiary/aromatic N) is 1. The zero-order valence-corrected chi connectivity index (χ0v) is 16.1. The van der Waals surface area contributed by atoms with E-state index in [1.807, 2.05) is 19.9 Å². The van der Waals surface area contributed by atoms with Crippen LogP contribution in [0.5, 0.6) is 0 Å². The van der Waals surface area contributed by atoms with Crippen LogP contribution in [-0.2, 0) is 14.8 Å². The minimum atomic E-state index is -3.87. The Labute approximate surface area is 153 Å². The smallest absolute Gasteiger partial charge is 0.248 e. The van der Waals surface area contributed by atoms with E-state index in [0.29, 0.717) is 5.69 Å². The molecule has 0 aliphatic carbocycles. The summed E-state index contributed by atoms with van der Waals surface area (Å²) in [5.74, 6) is -1.21.